The molecule has 0 radical (unpaired) electrons. The summed E-state index contributed by atoms with van der Waals surface area (Å²) in [6, 6.07) is 7.80. The smallest absolute Gasteiger partial charge is 0.453 e. The fraction of sp³-hybridized carbons (Fsp3) is 0.312. The fourth-order valence-electron chi connectivity index (χ4n) is 2.69. The molecule has 1 aromatic heterocycles. The number of anilines is 1. The lowest BCUT2D eigenvalue weighted by atomic mass is 9.96. The van der Waals surface area contributed by atoms with E-state index in [0.717, 1.165) is 4.68 Å². The van der Waals surface area contributed by atoms with Crippen molar-refractivity contribution in [3.05, 3.63) is 53.0 Å². The van der Waals surface area contributed by atoms with Gasteiger partial charge in [-0.2, -0.15) is 18.2 Å². The Balaban J connectivity index is 2.17. The van der Waals surface area contributed by atoms with Crippen LogP contribution in [0.3, 0.4) is 0 Å². The zero-order valence-corrected chi connectivity index (χ0v) is 13.5. The summed E-state index contributed by atoms with van der Waals surface area (Å²) in [5.74, 6) is -1.96. The minimum absolute atomic E-state index is 0.0771. The van der Waals surface area contributed by atoms with Gasteiger partial charge in [-0.1, -0.05) is 30.3 Å². The van der Waals surface area contributed by atoms with Crippen LogP contribution in [0.4, 0.5) is 19.1 Å². The van der Waals surface area contributed by atoms with Gasteiger partial charge in [0, 0.05) is 5.70 Å². The third-order valence-corrected chi connectivity index (χ3v) is 3.72. The van der Waals surface area contributed by atoms with Crippen molar-refractivity contribution >= 4 is 11.9 Å². The van der Waals surface area contributed by atoms with Crippen LogP contribution in [0.1, 0.15) is 31.3 Å². The van der Waals surface area contributed by atoms with E-state index in [9.17, 15) is 18.0 Å². The zero-order valence-electron chi connectivity index (χ0n) is 13.5. The Morgan fingerprint density at radius 1 is 1.32 bits per heavy atom. The molecule has 9 heteroatoms. The highest BCUT2D eigenvalue weighted by atomic mass is 19.4. The number of carbonyl (C=O) groups excluding carboxylic acids is 1. The largest absolute Gasteiger partial charge is 0.463 e. The maximum atomic E-state index is 13.0. The van der Waals surface area contributed by atoms with E-state index in [1.165, 1.54) is 0 Å². The molecule has 25 heavy (non-hydrogen) atoms. The fourth-order valence-corrected chi connectivity index (χ4v) is 2.69. The van der Waals surface area contributed by atoms with E-state index < -0.39 is 24.0 Å². The highest BCUT2D eigenvalue weighted by Gasteiger charge is 2.41. The van der Waals surface area contributed by atoms with E-state index in [2.05, 4.69) is 15.4 Å². The molecule has 0 saturated heterocycles. The number of allylic oxidation sites excluding steroid dienone is 1. The molecule has 2 heterocycles. The van der Waals surface area contributed by atoms with Crippen molar-refractivity contribution in [3.8, 4) is 0 Å². The van der Waals surface area contributed by atoms with Crippen LogP contribution in [0, 0.1) is 0 Å². The monoisotopic (exact) mass is 352 g/mol. The lowest BCUT2D eigenvalue weighted by Gasteiger charge is -2.28. The number of aromatic nitrogens is 3. The Labute approximate surface area is 141 Å². The number of nitrogens with one attached hydrogen (secondary N) is 1. The number of fused-ring (bicyclic) bond motifs is 1. The van der Waals surface area contributed by atoms with Crippen LogP contribution in [0.2, 0.25) is 0 Å². The van der Waals surface area contributed by atoms with Crippen molar-refractivity contribution in [1.82, 2.24) is 14.8 Å². The van der Waals surface area contributed by atoms with Crippen molar-refractivity contribution in [2.45, 2.75) is 26.1 Å². The van der Waals surface area contributed by atoms with Gasteiger partial charge in [-0.05, 0) is 19.4 Å². The molecule has 0 saturated carbocycles. The molecular weight excluding hydrogens is 337 g/mol. The van der Waals surface area contributed by atoms with E-state index >= 15 is 0 Å². The molecule has 1 aromatic carbocycles. The molecule has 0 bridgehead atoms. The SMILES string of the molecule is CCOC(=O)C1=C(C)Nc2nc(C(F)(F)F)nn2C1c1ccccc1. The Morgan fingerprint density at radius 3 is 2.60 bits per heavy atom. The topological polar surface area (TPSA) is 69.0 Å². The van der Waals surface area contributed by atoms with Gasteiger partial charge in [0.05, 0.1) is 12.2 Å². The first-order valence-electron chi connectivity index (χ1n) is 7.56. The van der Waals surface area contributed by atoms with Crippen molar-refractivity contribution in [3.63, 3.8) is 0 Å². The highest BCUT2D eigenvalue weighted by molar-refractivity contribution is 5.92. The van der Waals surface area contributed by atoms with Crippen molar-refractivity contribution < 1.29 is 22.7 Å². The Bertz CT molecular complexity index is 828. The molecule has 6 nitrogen and oxygen atoms in total. The standard InChI is InChI=1S/C16H15F3N4O2/c1-3-25-13(24)11-9(2)20-15-21-14(16(17,18)19)22-23(15)12(11)10-7-5-4-6-8-10/h4-8,12H,3H2,1-2H3,(H,20,21,22). The zero-order chi connectivity index (χ0) is 18.2. The molecule has 1 aliphatic rings. The van der Waals surface area contributed by atoms with Gasteiger partial charge in [0.15, 0.2) is 0 Å². The molecule has 0 amide bonds. The molecule has 1 N–H and O–H groups in total. The number of ether oxygens (including phenoxy) is 1. The number of alkyl halides is 3. The van der Waals surface area contributed by atoms with Gasteiger partial charge in [0.25, 0.3) is 5.82 Å². The Hall–Kier alpha value is -2.84. The van der Waals surface area contributed by atoms with Crippen LogP contribution in [0.25, 0.3) is 0 Å². The second-order valence-corrected chi connectivity index (χ2v) is 5.40. The molecule has 0 aliphatic carbocycles. The van der Waals surface area contributed by atoms with Crippen molar-refractivity contribution in [1.29, 1.82) is 0 Å². The van der Waals surface area contributed by atoms with E-state index in [4.69, 9.17) is 4.74 Å². The minimum Gasteiger partial charge on any atom is -0.463 e. The van der Waals surface area contributed by atoms with Crippen LogP contribution in [0.15, 0.2) is 41.6 Å². The second kappa shape index (κ2) is 6.23. The average Bonchev–Trinajstić information content (AvgIpc) is 2.98. The maximum absolute atomic E-state index is 13.0. The third kappa shape index (κ3) is 3.09. The first-order valence-corrected chi connectivity index (χ1v) is 7.56. The second-order valence-electron chi connectivity index (χ2n) is 5.40. The van der Waals surface area contributed by atoms with E-state index in [1.807, 2.05) is 0 Å². The van der Waals surface area contributed by atoms with Gasteiger partial charge in [0.2, 0.25) is 5.95 Å². The predicted octanol–water partition coefficient (Wildman–Crippen LogP) is 3.15. The molecule has 0 fully saturated rings. The normalized spacial score (nSPS) is 17.1. The summed E-state index contributed by atoms with van der Waals surface area (Å²) in [4.78, 5) is 15.9. The molecule has 2 aromatic rings. The number of hydrogen-bond acceptors (Lipinski definition) is 5. The molecule has 3 rings (SSSR count). The van der Waals surface area contributed by atoms with E-state index in [0.29, 0.717) is 11.3 Å². The van der Waals surface area contributed by atoms with Crippen LogP contribution < -0.4 is 5.32 Å². The van der Waals surface area contributed by atoms with Gasteiger partial charge >= 0.3 is 12.1 Å². The maximum Gasteiger partial charge on any atom is 0.453 e. The highest BCUT2D eigenvalue weighted by Crippen LogP contribution is 2.37. The number of hydrogen-bond donors (Lipinski definition) is 1. The number of esters is 1. The van der Waals surface area contributed by atoms with Crippen LogP contribution >= 0.6 is 0 Å². The molecule has 1 unspecified atom stereocenters. The quantitative estimate of drug-likeness (QED) is 0.860. The third-order valence-electron chi connectivity index (χ3n) is 3.72. The first kappa shape index (κ1) is 17.0. The van der Waals surface area contributed by atoms with Crippen molar-refractivity contribution in [2.24, 2.45) is 0 Å². The van der Waals surface area contributed by atoms with Crippen LogP contribution in [-0.2, 0) is 15.7 Å². The first-order chi connectivity index (χ1) is 11.8. The Kier molecular flexibility index (Phi) is 4.23. The number of carbonyl (C=O) groups is 1. The number of halogens is 3. The minimum atomic E-state index is -4.69. The summed E-state index contributed by atoms with van der Waals surface area (Å²) in [5, 5.41) is 6.29. The number of nitrogens with zero attached hydrogens (tertiary/aromatic N) is 3. The molecule has 0 spiro atoms. The molecule has 132 valence electrons. The van der Waals surface area contributed by atoms with Gasteiger partial charge < -0.3 is 10.1 Å². The molecular formula is C16H15F3N4O2. The van der Waals surface area contributed by atoms with E-state index in [-0.39, 0.29) is 18.1 Å². The van der Waals surface area contributed by atoms with Gasteiger partial charge in [0.1, 0.15) is 6.04 Å². The summed E-state index contributed by atoms with van der Waals surface area (Å²) >= 11 is 0. The Morgan fingerprint density at radius 2 is 2.00 bits per heavy atom. The van der Waals surface area contributed by atoms with Gasteiger partial charge in [-0.15, -0.1) is 5.10 Å². The molecule has 1 atom stereocenters. The summed E-state index contributed by atoms with van der Waals surface area (Å²) in [6.07, 6.45) is -4.69. The van der Waals surface area contributed by atoms with Gasteiger partial charge in [-0.25, -0.2) is 9.48 Å². The number of rotatable bonds is 3. The van der Waals surface area contributed by atoms with E-state index in [1.54, 1.807) is 44.2 Å². The van der Waals surface area contributed by atoms with Gasteiger partial charge in [-0.3, -0.25) is 0 Å². The molecule has 1 aliphatic heterocycles. The van der Waals surface area contributed by atoms with Crippen molar-refractivity contribution in [2.75, 3.05) is 11.9 Å². The van der Waals surface area contributed by atoms with Crippen LogP contribution in [-0.4, -0.2) is 27.3 Å². The summed E-state index contributed by atoms with van der Waals surface area (Å²) in [6.45, 7) is 3.40. The predicted molar refractivity (Wildman–Crippen MR) is 82.6 cm³/mol. The summed E-state index contributed by atoms with van der Waals surface area (Å²) < 4.78 is 45.2. The average molecular weight is 352 g/mol. The van der Waals surface area contributed by atoms with Crippen LogP contribution in [0.5, 0.6) is 0 Å². The summed E-state index contributed by atoms with van der Waals surface area (Å²) in [7, 11) is 0. The summed E-state index contributed by atoms with van der Waals surface area (Å²) in [5.41, 5.74) is 1.17. The number of benzene rings is 1. The lowest BCUT2D eigenvalue weighted by molar-refractivity contribution is -0.145. The lowest BCUT2D eigenvalue weighted by Crippen LogP contribution is -2.29.